The average Bonchev–Trinajstić information content (AvgIpc) is 2.38. The fraction of sp³-hybridized carbons (Fsp3) is 0.769. The first-order valence-electron chi connectivity index (χ1n) is 6.81. The summed E-state index contributed by atoms with van der Waals surface area (Å²) < 4.78 is 0. The molecule has 0 bridgehead atoms. The van der Waals surface area contributed by atoms with Crippen molar-refractivity contribution in [3.8, 4) is 0 Å². The standard InChI is InChI=1S/C13H25N3O4/c1-9(17)10(14)5-3-4-8-16-12(18)7-6-11(15-2)13(19)20/h10-11,15H,3-8,14H2,1-2H3,(H,16,18)(H,19,20)/t10?,11-/m0/s1. The topological polar surface area (TPSA) is 122 Å². The van der Waals surface area contributed by atoms with Crippen LogP contribution < -0.4 is 16.4 Å². The molecule has 116 valence electrons. The van der Waals surface area contributed by atoms with Crippen LogP contribution in [-0.2, 0) is 14.4 Å². The molecule has 0 aliphatic rings. The van der Waals surface area contributed by atoms with Gasteiger partial charge in [-0.1, -0.05) is 0 Å². The predicted octanol–water partition coefficient (Wildman–Crippen LogP) is -0.358. The van der Waals surface area contributed by atoms with Crippen LogP contribution in [0, 0.1) is 0 Å². The van der Waals surface area contributed by atoms with Crippen molar-refractivity contribution in [1.29, 1.82) is 0 Å². The summed E-state index contributed by atoms with van der Waals surface area (Å²) in [6, 6.07) is -1.12. The Hall–Kier alpha value is -1.47. The molecule has 0 radical (unpaired) electrons. The molecule has 0 rings (SSSR count). The number of hydrogen-bond donors (Lipinski definition) is 4. The van der Waals surface area contributed by atoms with Crippen LogP contribution in [0.15, 0.2) is 0 Å². The number of aliphatic carboxylic acids is 1. The second-order valence-electron chi connectivity index (χ2n) is 4.78. The van der Waals surface area contributed by atoms with Crippen molar-refractivity contribution in [3.63, 3.8) is 0 Å². The van der Waals surface area contributed by atoms with Crippen molar-refractivity contribution < 1.29 is 19.5 Å². The zero-order chi connectivity index (χ0) is 15.5. The maximum Gasteiger partial charge on any atom is 0.320 e. The molecule has 1 unspecified atom stereocenters. The Bertz CT molecular complexity index is 334. The van der Waals surface area contributed by atoms with Gasteiger partial charge in [-0.2, -0.15) is 0 Å². The Morgan fingerprint density at radius 2 is 1.85 bits per heavy atom. The highest BCUT2D eigenvalue weighted by Gasteiger charge is 2.15. The number of hydrogen-bond acceptors (Lipinski definition) is 5. The molecule has 0 saturated heterocycles. The first kappa shape index (κ1) is 18.5. The normalized spacial score (nSPS) is 13.6. The largest absolute Gasteiger partial charge is 0.480 e. The molecule has 5 N–H and O–H groups in total. The minimum Gasteiger partial charge on any atom is -0.480 e. The molecule has 0 aromatic rings. The third-order valence-corrected chi connectivity index (χ3v) is 3.09. The zero-order valence-corrected chi connectivity index (χ0v) is 12.1. The van der Waals surface area contributed by atoms with Crippen LogP contribution in [-0.4, -0.2) is 48.4 Å². The Balaban J connectivity index is 3.64. The SMILES string of the molecule is CN[C@@H](CCC(=O)NCCCCC(N)C(C)=O)C(=O)O. The molecule has 20 heavy (non-hydrogen) atoms. The predicted molar refractivity (Wildman–Crippen MR) is 75.2 cm³/mol. The van der Waals surface area contributed by atoms with Gasteiger partial charge < -0.3 is 21.5 Å². The lowest BCUT2D eigenvalue weighted by Crippen LogP contribution is -2.35. The van der Waals surface area contributed by atoms with Crippen molar-refractivity contribution >= 4 is 17.7 Å². The van der Waals surface area contributed by atoms with E-state index in [0.29, 0.717) is 13.0 Å². The highest BCUT2D eigenvalue weighted by atomic mass is 16.4. The number of amides is 1. The second-order valence-corrected chi connectivity index (χ2v) is 4.78. The van der Waals surface area contributed by atoms with E-state index in [9.17, 15) is 14.4 Å². The van der Waals surface area contributed by atoms with E-state index in [1.165, 1.54) is 6.92 Å². The summed E-state index contributed by atoms with van der Waals surface area (Å²) in [5.41, 5.74) is 5.58. The number of carboxylic acids is 1. The van der Waals surface area contributed by atoms with Gasteiger partial charge in [0.2, 0.25) is 5.91 Å². The van der Waals surface area contributed by atoms with E-state index in [4.69, 9.17) is 10.8 Å². The highest BCUT2D eigenvalue weighted by Crippen LogP contribution is 2.00. The summed E-state index contributed by atoms with van der Waals surface area (Å²) in [6.45, 7) is 1.98. The molecule has 1 amide bonds. The van der Waals surface area contributed by atoms with Crippen LogP contribution in [0.25, 0.3) is 0 Å². The van der Waals surface area contributed by atoms with Gasteiger partial charge in [0.05, 0.1) is 6.04 Å². The molecule has 0 aliphatic heterocycles. The van der Waals surface area contributed by atoms with Crippen molar-refractivity contribution in [3.05, 3.63) is 0 Å². The second kappa shape index (κ2) is 10.3. The van der Waals surface area contributed by atoms with Crippen molar-refractivity contribution in [2.45, 2.75) is 51.1 Å². The van der Waals surface area contributed by atoms with Crippen LogP contribution in [0.5, 0.6) is 0 Å². The molecular formula is C13H25N3O4. The van der Waals surface area contributed by atoms with E-state index >= 15 is 0 Å². The summed E-state index contributed by atoms with van der Waals surface area (Å²) in [6.07, 6.45) is 2.57. The van der Waals surface area contributed by atoms with E-state index in [-0.39, 0.29) is 24.5 Å². The van der Waals surface area contributed by atoms with Gasteiger partial charge in [-0.15, -0.1) is 0 Å². The van der Waals surface area contributed by atoms with Crippen LogP contribution in [0.2, 0.25) is 0 Å². The summed E-state index contributed by atoms with van der Waals surface area (Å²) in [7, 11) is 1.55. The minimum absolute atomic E-state index is 0.0270. The van der Waals surface area contributed by atoms with Gasteiger partial charge in [0.15, 0.2) is 0 Å². The van der Waals surface area contributed by atoms with Crippen LogP contribution in [0.3, 0.4) is 0 Å². The maximum atomic E-state index is 11.5. The number of nitrogens with two attached hydrogens (primary N) is 1. The number of carboxylic acid groups (broad SMARTS) is 1. The van der Waals surface area contributed by atoms with Gasteiger partial charge in [-0.05, 0) is 39.7 Å². The highest BCUT2D eigenvalue weighted by molar-refractivity contribution is 5.81. The summed E-state index contributed by atoms with van der Waals surface area (Å²) in [4.78, 5) is 33.1. The van der Waals surface area contributed by atoms with E-state index < -0.39 is 18.1 Å². The molecule has 7 heteroatoms. The van der Waals surface area contributed by atoms with E-state index in [0.717, 1.165) is 12.8 Å². The number of nitrogens with one attached hydrogen (secondary N) is 2. The monoisotopic (exact) mass is 287 g/mol. The Labute approximate surface area is 119 Å². The first-order chi connectivity index (χ1) is 9.38. The molecule has 7 nitrogen and oxygen atoms in total. The molecule has 0 spiro atoms. The minimum atomic E-state index is -0.960. The van der Waals surface area contributed by atoms with Crippen molar-refractivity contribution in [2.75, 3.05) is 13.6 Å². The quantitative estimate of drug-likeness (QED) is 0.385. The number of ketones is 1. The van der Waals surface area contributed by atoms with Gasteiger partial charge >= 0.3 is 5.97 Å². The molecule has 0 aromatic heterocycles. The molecule has 2 atom stereocenters. The zero-order valence-electron chi connectivity index (χ0n) is 12.1. The molecule has 0 saturated carbocycles. The number of carbonyl (C=O) groups excluding carboxylic acids is 2. The van der Waals surface area contributed by atoms with Crippen molar-refractivity contribution in [1.82, 2.24) is 10.6 Å². The Morgan fingerprint density at radius 1 is 1.20 bits per heavy atom. The summed E-state index contributed by atoms with van der Waals surface area (Å²) in [5, 5.41) is 14.1. The number of Topliss-reactive ketones (excluding diaryl/α,β-unsaturated/α-hetero) is 1. The molecule has 0 fully saturated rings. The van der Waals surface area contributed by atoms with Gasteiger partial charge in [0.25, 0.3) is 0 Å². The van der Waals surface area contributed by atoms with E-state index in [1.807, 2.05) is 0 Å². The van der Waals surface area contributed by atoms with E-state index in [2.05, 4.69) is 10.6 Å². The lowest BCUT2D eigenvalue weighted by atomic mass is 10.1. The summed E-state index contributed by atoms with van der Waals surface area (Å²) in [5.74, 6) is -1.15. The summed E-state index contributed by atoms with van der Waals surface area (Å²) >= 11 is 0. The van der Waals surface area contributed by atoms with Gasteiger partial charge in [-0.25, -0.2) is 0 Å². The van der Waals surface area contributed by atoms with Gasteiger partial charge in [0.1, 0.15) is 11.8 Å². The number of carbonyl (C=O) groups is 3. The van der Waals surface area contributed by atoms with Crippen molar-refractivity contribution in [2.24, 2.45) is 5.73 Å². The van der Waals surface area contributed by atoms with Gasteiger partial charge in [-0.3, -0.25) is 14.4 Å². The lowest BCUT2D eigenvalue weighted by Gasteiger charge is -2.11. The van der Waals surface area contributed by atoms with Crippen LogP contribution in [0.1, 0.15) is 39.0 Å². The molecular weight excluding hydrogens is 262 g/mol. The lowest BCUT2D eigenvalue weighted by molar-refractivity contribution is -0.139. The van der Waals surface area contributed by atoms with Crippen LogP contribution >= 0.6 is 0 Å². The third kappa shape index (κ3) is 8.60. The number of unbranched alkanes of at least 4 members (excludes halogenated alkanes) is 1. The fourth-order valence-electron chi connectivity index (χ4n) is 1.68. The Kier molecular flexibility index (Phi) is 9.57. The molecule has 0 aromatic carbocycles. The number of likely N-dealkylation sites (N-methyl/N-ethyl adjacent to an activating group) is 1. The average molecular weight is 287 g/mol. The van der Waals surface area contributed by atoms with Gasteiger partial charge in [0, 0.05) is 13.0 Å². The fourth-order valence-corrected chi connectivity index (χ4v) is 1.68. The van der Waals surface area contributed by atoms with E-state index in [1.54, 1.807) is 7.05 Å². The third-order valence-electron chi connectivity index (χ3n) is 3.09. The molecule has 0 heterocycles. The van der Waals surface area contributed by atoms with Crippen LogP contribution in [0.4, 0.5) is 0 Å². The number of rotatable bonds is 11. The molecule has 0 aliphatic carbocycles. The Morgan fingerprint density at radius 3 is 2.35 bits per heavy atom. The smallest absolute Gasteiger partial charge is 0.320 e. The maximum absolute atomic E-state index is 11.5. The first-order valence-corrected chi connectivity index (χ1v) is 6.81.